The smallest absolute Gasteiger partial charge is 0.326 e. The highest BCUT2D eigenvalue weighted by Crippen LogP contribution is 2.27. The predicted molar refractivity (Wildman–Crippen MR) is 131 cm³/mol. The van der Waals surface area contributed by atoms with E-state index in [0.717, 1.165) is 14.7 Å². The van der Waals surface area contributed by atoms with Crippen LogP contribution in [0, 0.1) is 5.92 Å². The number of amides is 1. The number of hydrogen-bond donors (Lipinski definition) is 0. The molecule has 0 unspecified atom stereocenters. The van der Waals surface area contributed by atoms with Gasteiger partial charge < -0.3 is 9.30 Å². The molecule has 176 valence electrons. The fourth-order valence-corrected chi connectivity index (χ4v) is 7.89. The maximum absolute atomic E-state index is 13.0. The number of thiazole rings is 1. The third-order valence-electron chi connectivity index (χ3n) is 5.34. The second-order valence-corrected chi connectivity index (χ2v) is 12.5. The zero-order valence-electron chi connectivity index (χ0n) is 17.8. The van der Waals surface area contributed by atoms with E-state index >= 15 is 0 Å². The van der Waals surface area contributed by atoms with Crippen molar-refractivity contribution in [1.82, 2.24) is 8.87 Å². The van der Waals surface area contributed by atoms with Crippen molar-refractivity contribution in [2.45, 2.75) is 30.5 Å². The molecule has 0 atom stereocenters. The number of esters is 1. The van der Waals surface area contributed by atoms with Gasteiger partial charge in [0.05, 0.1) is 16.8 Å². The maximum atomic E-state index is 13.0. The van der Waals surface area contributed by atoms with Crippen LogP contribution in [0.1, 0.15) is 19.8 Å². The summed E-state index contributed by atoms with van der Waals surface area (Å²) in [7, 11) is -3.52. The Morgan fingerprint density at radius 2 is 2.00 bits per heavy atom. The number of nitrogens with zero attached hydrogens (tertiary/aromatic N) is 3. The van der Waals surface area contributed by atoms with Crippen molar-refractivity contribution < 1.29 is 22.7 Å². The lowest BCUT2D eigenvalue weighted by Gasteiger charge is -2.29. The first-order valence-corrected chi connectivity index (χ1v) is 14.3. The van der Waals surface area contributed by atoms with Crippen LogP contribution < -0.4 is 4.80 Å². The van der Waals surface area contributed by atoms with E-state index in [1.54, 1.807) is 29.0 Å². The van der Waals surface area contributed by atoms with Gasteiger partial charge in [0.15, 0.2) is 4.80 Å². The number of rotatable bonds is 6. The lowest BCUT2D eigenvalue weighted by molar-refractivity contribution is -0.143. The molecule has 4 rings (SSSR count). The minimum Gasteiger partial charge on any atom is -0.465 e. The molecule has 1 aliphatic rings. The van der Waals surface area contributed by atoms with Crippen LogP contribution in [-0.2, 0) is 30.9 Å². The van der Waals surface area contributed by atoms with Crippen molar-refractivity contribution >= 4 is 70.7 Å². The molecule has 12 heteroatoms. The first-order valence-electron chi connectivity index (χ1n) is 10.4. The van der Waals surface area contributed by atoms with Gasteiger partial charge in [0, 0.05) is 23.5 Å². The molecule has 33 heavy (non-hydrogen) atoms. The number of halogens is 1. The van der Waals surface area contributed by atoms with Gasteiger partial charge in [-0.2, -0.15) is 9.30 Å². The second-order valence-electron chi connectivity index (χ2n) is 7.45. The van der Waals surface area contributed by atoms with Crippen LogP contribution in [0.4, 0.5) is 0 Å². The van der Waals surface area contributed by atoms with Crippen molar-refractivity contribution in [2.24, 2.45) is 10.9 Å². The standard InChI is InChI=1S/C21H22BrN3O5S3/c1-2-30-18(26)13-25-16-6-5-15(22)12-17(16)32-21(25)23-20(27)14-7-9-24(10-8-14)33(28,29)19-4-3-11-31-19/h3-6,11-12,14H,2,7-10,13H2,1H3. The van der Waals surface area contributed by atoms with Gasteiger partial charge >= 0.3 is 5.97 Å². The predicted octanol–water partition coefficient (Wildman–Crippen LogP) is 3.62. The number of thiophene rings is 1. The summed E-state index contributed by atoms with van der Waals surface area (Å²) in [6.45, 7) is 2.51. The summed E-state index contributed by atoms with van der Waals surface area (Å²) in [5.41, 5.74) is 0.791. The molecule has 3 heterocycles. The first kappa shape index (κ1) is 24.3. The SMILES string of the molecule is CCOC(=O)Cn1c(=NC(=O)C2CCN(S(=O)(=O)c3cccs3)CC2)sc2cc(Br)ccc21. The third kappa shape index (κ3) is 5.29. The zero-order chi connectivity index (χ0) is 23.6. The summed E-state index contributed by atoms with van der Waals surface area (Å²) in [5, 5.41) is 1.73. The van der Waals surface area contributed by atoms with Crippen LogP contribution in [0.25, 0.3) is 10.2 Å². The average molecular weight is 573 g/mol. The summed E-state index contributed by atoms with van der Waals surface area (Å²) < 4.78 is 35.7. The van der Waals surface area contributed by atoms with Gasteiger partial charge in [0.25, 0.3) is 15.9 Å². The number of piperidine rings is 1. The minimum absolute atomic E-state index is 0.0426. The van der Waals surface area contributed by atoms with E-state index in [0.29, 0.717) is 21.9 Å². The fourth-order valence-electron chi connectivity index (χ4n) is 3.69. The Kier molecular flexibility index (Phi) is 7.49. The van der Waals surface area contributed by atoms with Gasteiger partial charge in [-0.3, -0.25) is 9.59 Å². The van der Waals surface area contributed by atoms with E-state index in [-0.39, 0.29) is 38.1 Å². The molecular formula is C21H22BrN3O5S3. The number of hydrogen-bond acceptors (Lipinski definition) is 7. The van der Waals surface area contributed by atoms with Crippen molar-refractivity contribution in [3.63, 3.8) is 0 Å². The number of ether oxygens (including phenoxy) is 1. The molecule has 1 aliphatic heterocycles. The maximum Gasteiger partial charge on any atom is 0.326 e. The largest absolute Gasteiger partial charge is 0.465 e. The monoisotopic (exact) mass is 571 g/mol. The summed E-state index contributed by atoms with van der Waals surface area (Å²) in [5.74, 6) is -1.07. The van der Waals surface area contributed by atoms with Gasteiger partial charge in [-0.1, -0.05) is 33.3 Å². The van der Waals surface area contributed by atoms with Gasteiger partial charge in [0.2, 0.25) is 0 Å². The highest BCUT2D eigenvalue weighted by atomic mass is 79.9. The van der Waals surface area contributed by atoms with E-state index < -0.39 is 16.0 Å². The van der Waals surface area contributed by atoms with Gasteiger partial charge in [-0.05, 0) is 49.4 Å². The Labute approximate surface area is 207 Å². The molecule has 2 aromatic heterocycles. The Morgan fingerprint density at radius 1 is 1.24 bits per heavy atom. The van der Waals surface area contributed by atoms with Crippen LogP contribution in [0.15, 0.2) is 49.4 Å². The van der Waals surface area contributed by atoms with E-state index in [9.17, 15) is 18.0 Å². The number of benzene rings is 1. The number of carbonyl (C=O) groups is 2. The Bertz CT molecular complexity index is 1340. The molecule has 0 N–H and O–H groups in total. The molecule has 0 bridgehead atoms. The number of fused-ring (bicyclic) bond motifs is 1. The van der Waals surface area contributed by atoms with E-state index in [1.165, 1.54) is 27.0 Å². The summed E-state index contributed by atoms with van der Waals surface area (Å²) >= 11 is 5.96. The van der Waals surface area contributed by atoms with Crippen LogP contribution in [0.2, 0.25) is 0 Å². The van der Waals surface area contributed by atoms with Crippen molar-refractivity contribution in [1.29, 1.82) is 0 Å². The van der Waals surface area contributed by atoms with Crippen molar-refractivity contribution in [2.75, 3.05) is 19.7 Å². The summed E-state index contributed by atoms with van der Waals surface area (Å²) in [4.78, 5) is 29.9. The topological polar surface area (TPSA) is 98.0 Å². The Morgan fingerprint density at radius 3 is 2.67 bits per heavy atom. The molecule has 0 radical (unpaired) electrons. The quantitative estimate of drug-likeness (QED) is 0.421. The molecular weight excluding hydrogens is 550 g/mol. The number of carbonyl (C=O) groups excluding carboxylic acids is 2. The molecule has 0 saturated carbocycles. The van der Waals surface area contributed by atoms with E-state index in [2.05, 4.69) is 20.9 Å². The van der Waals surface area contributed by atoms with Crippen LogP contribution in [0.5, 0.6) is 0 Å². The number of aromatic nitrogens is 1. The van der Waals surface area contributed by atoms with E-state index in [1.807, 2.05) is 18.2 Å². The average Bonchev–Trinajstić information content (AvgIpc) is 3.43. The summed E-state index contributed by atoms with van der Waals surface area (Å²) in [6.07, 6.45) is 0.808. The van der Waals surface area contributed by atoms with Crippen LogP contribution >= 0.6 is 38.6 Å². The molecule has 1 fully saturated rings. The molecule has 0 spiro atoms. The minimum atomic E-state index is -3.52. The highest BCUT2D eigenvalue weighted by molar-refractivity contribution is 9.10. The molecule has 1 aromatic carbocycles. The lowest BCUT2D eigenvalue weighted by Crippen LogP contribution is -2.40. The fraction of sp³-hybridized carbons (Fsp3) is 0.381. The lowest BCUT2D eigenvalue weighted by atomic mass is 9.98. The zero-order valence-corrected chi connectivity index (χ0v) is 21.8. The van der Waals surface area contributed by atoms with Crippen molar-refractivity contribution in [3.8, 4) is 0 Å². The highest BCUT2D eigenvalue weighted by Gasteiger charge is 2.32. The van der Waals surface area contributed by atoms with Gasteiger partial charge in [-0.15, -0.1) is 11.3 Å². The Balaban J connectivity index is 1.56. The summed E-state index contributed by atoms with van der Waals surface area (Å²) in [6, 6.07) is 8.95. The van der Waals surface area contributed by atoms with Crippen LogP contribution in [-0.4, -0.2) is 48.9 Å². The molecule has 3 aromatic rings. The third-order valence-corrected chi connectivity index (χ3v) is 10.1. The molecule has 1 saturated heterocycles. The van der Waals surface area contributed by atoms with Crippen LogP contribution in [0.3, 0.4) is 0 Å². The normalized spacial score (nSPS) is 16.4. The van der Waals surface area contributed by atoms with E-state index in [4.69, 9.17) is 4.74 Å². The molecule has 8 nitrogen and oxygen atoms in total. The van der Waals surface area contributed by atoms with Crippen molar-refractivity contribution in [3.05, 3.63) is 45.0 Å². The molecule has 0 aliphatic carbocycles. The second kappa shape index (κ2) is 10.2. The van der Waals surface area contributed by atoms with Gasteiger partial charge in [-0.25, -0.2) is 8.42 Å². The van der Waals surface area contributed by atoms with Gasteiger partial charge in [0.1, 0.15) is 10.8 Å². The first-order chi connectivity index (χ1) is 15.8. The molecule has 1 amide bonds. The number of sulfonamides is 1. The Hall–Kier alpha value is -1.86.